The molecule has 0 aliphatic carbocycles. The maximum Gasteiger partial charge on any atom is 0.411 e. The lowest BCUT2D eigenvalue weighted by Crippen LogP contribution is -2.34. The zero-order valence-corrected chi connectivity index (χ0v) is 16.4. The zero-order valence-electron chi connectivity index (χ0n) is 14.9. The molecule has 1 unspecified atom stereocenters. The van der Waals surface area contributed by atoms with E-state index in [1.165, 1.54) is 17.5 Å². The number of benzene rings is 2. The van der Waals surface area contributed by atoms with Crippen LogP contribution in [0.25, 0.3) is 0 Å². The monoisotopic (exact) mass is 429 g/mol. The van der Waals surface area contributed by atoms with E-state index in [4.69, 9.17) is 33.6 Å². The van der Waals surface area contributed by atoms with E-state index in [1.807, 2.05) is 0 Å². The molecule has 1 atom stereocenters. The summed E-state index contributed by atoms with van der Waals surface area (Å²) in [7, 11) is 0. The molecule has 0 saturated carbocycles. The van der Waals surface area contributed by atoms with Crippen LogP contribution in [0, 0.1) is 22.7 Å². The first-order chi connectivity index (χ1) is 13.7. The average Bonchev–Trinajstić information content (AvgIpc) is 2.68. The Morgan fingerprint density at radius 1 is 1.14 bits per heavy atom. The number of anilines is 1. The van der Waals surface area contributed by atoms with Crippen LogP contribution in [0.2, 0.25) is 10.0 Å². The summed E-state index contributed by atoms with van der Waals surface area (Å²) in [5, 5.41) is 33.1. The molecular formula is C19H13Cl2N5O3. The lowest BCUT2D eigenvalue weighted by Gasteiger charge is -2.24. The van der Waals surface area contributed by atoms with Gasteiger partial charge in [-0.05, 0) is 42.3 Å². The predicted octanol–water partition coefficient (Wildman–Crippen LogP) is 3.91. The number of rotatable bonds is 5. The number of hydrazone groups is 1. The topological polar surface area (TPSA) is 138 Å². The normalized spacial score (nSPS) is 12.8. The summed E-state index contributed by atoms with van der Waals surface area (Å²) < 4.78 is 0. The number of carbonyl (C=O) groups is 2. The molecule has 2 rings (SSSR count). The van der Waals surface area contributed by atoms with Gasteiger partial charge in [0, 0.05) is 10.0 Å². The van der Waals surface area contributed by atoms with Gasteiger partial charge in [0.2, 0.25) is 5.71 Å². The highest BCUT2D eigenvalue weighted by Gasteiger charge is 2.31. The first-order valence-electron chi connectivity index (χ1n) is 7.96. The Hall–Kier alpha value is -3.59. The Morgan fingerprint density at radius 2 is 1.79 bits per heavy atom. The van der Waals surface area contributed by atoms with Gasteiger partial charge in [0.1, 0.15) is 11.5 Å². The highest BCUT2D eigenvalue weighted by Crippen LogP contribution is 2.37. The quantitative estimate of drug-likeness (QED) is 0.486. The molecule has 2 aromatic rings. The summed E-state index contributed by atoms with van der Waals surface area (Å²) in [5.41, 5.74) is 2.28. The Morgan fingerprint density at radius 3 is 2.31 bits per heavy atom. The third-order valence-corrected chi connectivity index (χ3v) is 4.56. The number of hydrogen-bond acceptors (Lipinski definition) is 6. The minimum absolute atomic E-state index is 0.248. The van der Waals surface area contributed by atoms with Crippen molar-refractivity contribution in [1.82, 2.24) is 5.32 Å². The molecule has 2 aromatic carbocycles. The number of hydrogen-bond donors (Lipinski definition) is 3. The Kier molecular flexibility index (Phi) is 6.79. The second kappa shape index (κ2) is 9.07. The van der Waals surface area contributed by atoms with Crippen LogP contribution in [0.4, 0.5) is 10.5 Å². The number of imide groups is 1. The van der Waals surface area contributed by atoms with Crippen molar-refractivity contribution < 1.29 is 14.7 Å². The van der Waals surface area contributed by atoms with Gasteiger partial charge in [-0.3, -0.25) is 15.5 Å². The second-order valence-electron chi connectivity index (χ2n) is 5.88. The summed E-state index contributed by atoms with van der Waals surface area (Å²) >= 11 is 12.3. The van der Waals surface area contributed by atoms with Crippen molar-refractivity contribution >= 4 is 46.6 Å². The fourth-order valence-electron chi connectivity index (χ4n) is 2.46. The van der Waals surface area contributed by atoms with E-state index in [0.29, 0.717) is 21.8 Å². The molecule has 0 aliphatic heterocycles. The molecule has 10 heteroatoms. The molecule has 3 N–H and O–H groups in total. The molecule has 0 aliphatic rings. The molecule has 146 valence electrons. The maximum atomic E-state index is 11.5. The Labute approximate surface area is 176 Å². The summed E-state index contributed by atoms with van der Waals surface area (Å²) in [6.07, 6.45) is -1.61. The van der Waals surface area contributed by atoms with Gasteiger partial charge in [-0.15, -0.1) is 0 Å². The van der Waals surface area contributed by atoms with Gasteiger partial charge in [-0.25, -0.2) is 4.79 Å². The van der Waals surface area contributed by atoms with Crippen molar-refractivity contribution in [3.63, 3.8) is 0 Å². The first kappa shape index (κ1) is 21.7. The van der Waals surface area contributed by atoms with E-state index >= 15 is 0 Å². The SMILES string of the molecule is CC(C#N)(c1ccc(Cl)cc1)c1ccc(N/N=C(\C#N)C(=O)NC(=O)O)cc1Cl. The molecule has 0 fully saturated rings. The van der Waals surface area contributed by atoms with Gasteiger partial charge in [-0.2, -0.15) is 15.6 Å². The van der Waals surface area contributed by atoms with Crippen LogP contribution in [-0.4, -0.2) is 22.8 Å². The zero-order chi connectivity index (χ0) is 21.6. The van der Waals surface area contributed by atoms with Crippen LogP contribution in [0.1, 0.15) is 18.1 Å². The summed E-state index contributed by atoms with van der Waals surface area (Å²) in [5.74, 6) is -1.17. The molecule has 0 bridgehead atoms. The van der Waals surface area contributed by atoms with E-state index in [0.717, 1.165) is 0 Å². The van der Waals surface area contributed by atoms with Gasteiger partial charge in [0.25, 0.3) is 5.91 Å². The molecule has 0 heterocycles. The van der Waals surface area contributed by atoms with Crippen molar-refractivity contribution in [1.29, 1.82) is 10.5 Å². The Bertz CT molecular complexity index is 1070. The summed E-state index contributed by atoms with van der Waals surface area (Å²) in [4.78, 5) is 22.0. The minimum Gasteiger partial charge on any atom is -0.465 e. The average molecular weight is 430 g/mol. The number of nitrogens with zero attached hydrogens (tertiary/aromatic N) is 3. The van der Waals surface area contributed by atoms with Gasteiger partial charge in [0.05, 0.1) is 11.8 Å². The van der Waals surface area contributed by atoms with Crippen molar-refractivity contribution in [2.45, 2.75) is 12.3 Å². The van der Waals surface area contributed by atoms with Gasteiger partial charge >= 0.3 is 6.09 Å². The largest absolute Gasteiger partial charge is 0.465 e. The molecule has 0 spiro atoms. The minimum atomic E-state index is -1.61. The maximum absolute atomic E-state index is 11.5. The molecule has 0 radical (unpaired) electrons. The molecular weight excluding hydrogens is 417 g/mol. The van der Waals surface area contributed by atoms with Gasteiger partial charge in [-0.1, -0.05) is 41.4 Å². The van der Waals surface area contributed by atoms with Crippen LogP contribution in [0.5, 0.6) is 0 Å². The van der Waals surface area contributed by atoms with Crippen molar-refractivity contribution in [3.05, 3.63) is 63.6 Å². The number of carbonyl (C=O) groups excluding carboxylic acids is 1. The second-order valence-corrected chi connectivity index (χ2v) is 6.73. The third kappa shape index (κ3) is 5.02. The molecule has 2 amide bonds. The van der Waals surface area contributed by atoms with Crippen LogP contribution in [0.3, 0.4) is 0 Å². The smallest absolute Gasteiger partial charge is 0.411 e. The standard InChI is InChI=1S/C19H13Cl2N5O3/c1-19(10-23,11-2-4-12(20)5-3-11)14-7-6-13(8-15(14)21)25-26-16(9-22)17(27)24-18(28)29/h2-8,25H,1H3,(H,24,27)(H,28,29)/b26-16+. The lowest BCUT2D eigenvalue weighted by atomic mass is 9.77. The number of carboxylic acid groups (broad SMARTS) is 1. The van der Waals surface area contributed by atoms with Gasteiger partial charge in [0.15, 0.2) is 0 Å². The number of halogens is 2. The number of amides is 2. The molecule has 29 heavy (non-hydrogen) atoms. The van der Waals surface area contributed by atoms with Crippen LogP contribution >= 0.6 is 23.2 Å². The van der Waals surface area contributed by atoms with Crippen molar-refractivity contribution in [2.24, 2.45) is 5.10 Å². The summed E-state index contributed by atoms with van der Waals surface area (Å²) in [6.45, 7) is 1.72. The third-order valence-electron chi connectivity index (χ3n) is 3.99. The van der Waals surface area contributed by atoms with E-state index in [9.17, 15) is 14.9 Å². The molecule has 0 aromatic heterocycles. The fourth-order valence-corrected chi connectivity index (χ4v) is 2.95. The van der Waals surface area contributed by atoms with E-state index in [1.54, 1.807) is 43.3 Å². The number of nitriles is 2. The van der Waals surface area contributed by atoms with Crippen LogP contribution < -0.4 is 10.7 Å². The van der Waals surface area contributed by atoms with Crippen LogP contribution in [-0.2, 0) is 10.2 Å². The molecule has 8 nitrogen and oxygen atoms in total. The van der Waals surface area contributed by atoms with E-state index in [2.05, 4.69) is 16.6 Å². The first-order valence-corrected chi connectivity index (χ1v) is 8.72. The van der Waals surface area contributed by atoms with E-state index < -0.39 is 23.1 Å². The highest BCUT2D eigenvalue weighted by atomic mass is 35.5. The van der Waals surface area contributed by atoms with Crippen LogP contribution in [0.15, 0.2) is 47.6 Å². The Balaban J connectivity index is 2.32. The van der Waals surface area contributed by atoms with E-state index in [-0.39, 0.29) is 5.02 Å². The summed E-state index contributed by atoms with van der Waals surface area (Å²) in [6, 6.07) is 15.2. The highest BCUT2D eigenvalue weighted by molar-refractivity contribution is 6.46. The molecule has 0 saturated heterocycles. The van der Waals surface area contributed by atoms with Crippen molar-refractivity contribution in [3.8, 4) is 12.1 Å². The fraction of sp³-hybridized carbons (Fsp3) is 0.105. The van der Waals surface area contributed by atoms with Crippen molar-refractivity contribution in [2.75, 3.05) is 5.43 Å². The predicted molar refractivity (Wildman–Crippen MR) is 108 cm³/mol. The lowest BCUT2D eigenvalue weighted by molar-refractivity contribution is -0.114. The van der Waals surface area contributed by atoms with Gasteiger partial charge < -0.3 is 5.11 Å². The number of nitrogens with one attached hydrogen (secondary N) is 2.